The third-order valence-electron chi connectivity index (χ3n) is 2.88. The summed E-state index contributed by atoms with van der Waals surface area (Å²) < 4.78 is 32.0. The van der Waals surface area contributed by atoms with Crippen molar-refractivity contribution in [2.24, 2.45) is 0 Å². The molecule has 0 saturated carbocycles. The van der Waals surface area contributed by atoms with Gasteiger partial charge in [0.1, 0.15) is 6.61 Å². The average Bonchev–Trinajstić information content (AvgIpc) is 2.53. The van der Waals surface area contributed by atoms with Gasteiger partial charge in [0.15, 0.2) is 6.29 Å². The monoisotopic (exact) mass is 304 g/mol. The highest BCUT2D eigenvalue weighted by atomic mass is 16.7. The van der Waals surface area contributed by atoms with Crippen molar-refractivity contribution in [3.05, 3.63) is 12.8 Å². The molecule has 1 fully saturated rings. The summed E-state index contributed by atoms with van der Waals surface area (Å²) in [4.78, 5) is 0. The molecule has 0 radical (unpaired) electrons. The minimum Gasteiger partial charge on any atom is -0.499 e. The van der Waals surface area contributed by atoms with E-state index in [1.165, 1.54) is 12.7 Å². The van der Waals surface area contributed by atoms with Gasteiger partial charge < -0.3 is 28.4 Å². The van der Waals surface area contributed by atoms with Gasteiger partial charge in [0, 0.05) is 6.61 Å². The zero-order valence-corrected chi connectivity index (χ0v) is 12.8. The van der Waals surface area contributed by atoms with Gasteiger partial charge in [-0.15, -0.1) is 0 Å². The van der Waals surface area contributed by atoms with Gasteiger partial charge in [-0.3, -0.25) is 0 Å². The second kappa shape index (κ2) is 14.3. The molecule has 0 bridgehead atoms. The van der Waals surface area contributed by atoms with Gasteiger partial charge in [-0.25, -0.2) is 0 Å². The molecule has 0 N–H and O–H groups in total. The van der Waals surface area contributed by atoms with E-state index in [-0.39, 0.29) is 6.29 Å². The Bertz CT molecular complexity index is 230. The van der Waals surface area contributed by atoms with E-state index in [1.807, 2.05) is 0 Å². The lowest BCUT2D eigenvalue weighted by Crippen LogP contribution is -2.24. The average molecular weight is 304 g/mol. The van der Waals surface area contributed by atoms with Crippen LogP contribution in [-0.2, 0) is 28.4 Å². The van der Waals surface area contributed by atoms with Crippen molar-refractivity contribution in [3.8, 4) is 0 Å². The molecular weight excluding hydrogens is 276 g/mol. The summed E-state index contributed by atoms with van der Waals surface area (Å²) in [5.74, 6) is 0. The van der Waals surface area contributed by atoms with Gasteiger partial charge in [0.2, 0.25) is 0 Å². The van der Waals surface area contributed by atoms with Gasteiger partial charge in [-0.1, -0.05) is 6.58 Å². The second-order valence-corrected chi connectivity index (χ2v) is 4.54. The van der Waals surface area contributed by atoms with Crippen molar-refractivity contribution >= 4 is 0 Å². The van der Waals surface area contributed by atoms with E-state index < -0.39 is 0 Å². The van der Waals surface area contributed by atoms with Crippen LogP contribution in [0, 0.1) is 0 Å². The molecule has 21 heavy (non-hydrogen) atoms. The first-order valence-electron chi connectivity index (χ1n) is 7.62. The molecule has 1 aliphatic heterocycles. The highest BCUT2D eigenvalue weighted by Crippen LogP contribution is 2.13. The van der Waals surface area contributed by atoms with E-state index in [0.717, 1.165) is 19.4 Å². The maximum atomic E-state index is 5.55. The van der Waals surface area contributed by atoms with Crippen LogP contribution in [0.25, 0.3) is 0 Å². The quantitative estimate of drug-likeness (QED) is 0.360. The van der Waals surface area contributed by atoms with Crippen molar-refractivity contribution in [1.29, 1.82) is 0 Å². The minimum absolute atomic E-state index is 0.0409. The largest absolute Gasteiger partial charge is 0.499 e. The van der Waals surface area contributed by atoms with Crippen LogP contribution in [0.5, 0.6) is 0 Å². The van der Waals surface area contributed by atoms with Crippen molar-refractivity contribution in [3.63, 3.8) is 0 Å². The molecular formula is C15H28O6. The molecule has 1 atom stereocenters. The van der Waals surface area contributed by atoms with E-state index in [4.69, 9.17) is 28.4 Å². The molecule has 1 saturated heterocycles. The summed E-state index contributed by atoms with van der Waals surface area (Å²) >= 11 is 0. The maximum Gasteiger partial charge on any atom is 0.157 e. The summed E-state index contributed by atoms with van der Waals surface area (Å²) in [5.41, 5.74) is 0. The fourth-order valence-corrected chi connectivity index (χ4v) is 1.81. The van der Waals surface area contributed by atoms with Crippen LogP contribution in [-0.4, -0.2) is 65.8 Å². The van der Waals surface area contributed by atoms with Crippen LogP contribution in [0.15, 0.2) is 12.8 Å². The maximum absolute atomic E-state index is 5.55. The fraction of sp³-hybridized carbons (Fsp3) is 0.867. The third kappa shape index (κ3) is 11.7. The summed E-state index contributed by atoms with van der Waals surface area (Å²) in [6.45, 7) is 8.70. The first-order chi connectivity index (χ1) is 10.4. The van der Waals surface area contributed by atoms with Gasteiger partial charge in [-0.2, -0.15) is 0 Å². The van der Waals surface area contributed by atoms with Crippen molar-refractivity contribution in [2.45, 2.75) is 25.6 Å². The highest BCUT2D eigenvalue weighted by Gasteiger charge is 2.13. The lowest BCUT2D eigenvalue weighted by molar-refractivity contribution is -0.169. The summed E-state index contributed by atoms with van der Waals surface area (Å²) in [6, 6.07) is 0. The minimum atomic E-state index is -0.0409. The van der Waals surface area contributed by atoms with Crippen LogP contribution in [0.2, 0.25) is 0 Å². The Morgan fingerprint density at radius 1 is 0.857 bits per heavy atom. The molecule has 1 rings (SSSR count). The van der Waals surface area contributed by atoms with E-state index >= 15 is 0 Å². The van der Waals surface area contributed by atoms with Crippen molar-refractivity contribution in [1.82, 2.24) is 0 Å². The number of hydrogen-bond acceptors (Lipinski definition) is 6. The van der Waals surface area contributed by atoms with Crippen LogP contribution in [0.1, 0.15) is 19.3 Å². The van der Waals surface area contributed by atoms with Crippen molar-refractivity contribution < 1.29 is 28.4 Å². The lowest BCUT2D eigenvalue weighted by Gasteiger charge is -2.22. The van der Waals surface area contributed by atoms with Crippen molar-refractivity contribution in [2.75, 3.05) is 59.5 Å². The molecule has 0 spiro atoms. The molecule has 124 valence electrons. The van der Waals surface area contributed by atoms with Crippen LogP contribution in [0.4, 0.5) is 0 Å². The molecule has 0 aromatic carbocycles. The Kier molecular flexibility index (Phi) is 12.5. The summed E-state index contributed by atoms with van der Waals surface area (Å²) in [5, 5.41) is 0. The Balaban J connectivity index is 1.69. The van der Waals surface area contributed by atoms with Gasteiger partial charge in [0.25, 0.3) is 0 Å². The molecule has 0 aliphatic carbocycles. The zero-order chi connectivity index (χ0) is 15.0. The van der Waals surface area contributed by atoms with E-state index in [2.05, 4.69) is 6.58 Å². The predicted molar refractivity (Wildman–Crippen MR) is 78.1 cm³/mol. The smallest absolute Gasteiger partial charge is 0.157 e. The molecule has 0 amide bonds. The first-order valence-corrected chi connectivity index (χ1v) is 7.62. The number of hydrogen-bond donors (Lipinski definition) is 0. The first kappa shape index (κ1) is 18.4. The van der Waals surface area contributed by atoms with Gasteiger partial charge >= 0.3 is 0 Å². The normalized spacial score (nSPS) is 18.6. The standard InChI is InChI=1S/C15H28O6/c1-2-16-7-8-17-9-10-18-11-12-19-13-14-21-15-5-3-4-6-20-15/h2,15H,1,3-14H2. The third-order valence-corrected chi connectivity index (χ3v) is 2.88. The van der Waals surface area contributed by atoms with Crippen LogP contribution in [0.3, 0.4) is 0 Å². The Morgan fingerprint density at radius 2 is 1.48 bits per heavy atom. The SMILES string of the molecule is C=COCCOCCOCCOCCOC1CCCCO1. The molecule has 0 aromatic rings. The highest BCUT2D eigenvalue weighted by molar-refractivity contribution is 4.53. The predicted octanol–water partition coefficient (Wildman–Crippen LogP) is 1.74. The Morgan fingerprint density at radius 3 is 2.05 bits per heavy atom. The molecule has 6 nitrogen and oxygen atoms in total. The van der Waals surface area contributed by atoms with Gasteiger partial charge in [0.05, 0.1) is 52.5 Å². The molecule has 1 unspecified atom stereocenters. The van der Waals surface area contributed by atoms with Crippen LogP contribution >= 0.6 is 0 Å². The molecule has 1 heterocycles. The number of ether oxygens (including phenoxy) is 6. The Hall–Kier alpha value is -0.660. The summed E-state index contributed by atoms with van der Waals surface area (Å²) in [7, 11) is 0. The fourth-order valence-electron chi connectivity index (χ4n) is 1.81. The summed E-state index contributed by atoms with van der Waals surface area (Å²) in [6.07, 6.45) is 4.67. The molecule has 6 heteroatoms. The van der Waals surface area contributed by atoms with E-state index in [9.17, 15) is 0 Å². The number of rotatable bonds is 14. The topological polar surface area (TPSA) is 55.4 Å². The molecule has 0 aromatic heterocycles. The zero-order valence-electron chi connectivity index (χ0n) is 12.8. The van der Waals surface area contributed by atoms with Gasteiger partial charge in [-0.05, 0) is 19.3 Å². The molecule has 1 aliphatic rings. The van der Waals surface area contributed by atoms with E-state index in [0.29, 0.717) is 52.9 Å². The Labute approximate surface area is 127 Å². The van der Waals surface area contributed by atoms with Crippen LogP contribution < -0.4 is 0 Å². The van der Waals surface area contributed by atoms with E-state index in [1.54, 1.807) is 0 Å². The second-order valence-electron chi connectivity index (χ2n) is 4.54. The lowest BCUT2D eigenvalue weighted by atomic mass is 10.2.